The maximum atomic E-state index is 12.5. The summed E-state index contributed by atoms with van der Waals surface area (Å²) in [5, 5.41) is 3.34. The number of esters is 1. The molecule has 2 aliphatic heterocycles. The van der Waals surface area contributed by atoms with E-state index in [-0.39, 0.29) is 5.97 Å². The maximum absolute atomic E-state index is 12.5. The molecule has 2 aliphatic rings. The van der Waals surface area contributed by atoms with Gasteiger partial charge >= 0.3 is 5.97 Å². The van der Waals surface area contributed by atoms with Gasteiger partial charge in [-0.2, -0.15) is 0 Å². The van der Waals surface area contributed by atoms with Crippen molar-refractivity contribution in [3.8, 4) is 11.6 Å². The summed E-state index contributed by atoms with van der Waals surface area (Å²) in [5.41, 5.74) is 2.82. The number of carbonyl (C=O) groups excluding carboxylic acids is 1. The topological polar surface area (TPSA) is 63.7 Å². The molecule has 130 valence electrons. The SMILES string of the molecule is COc1cccc(C2Cc3ccc(N4CCNCC4)cc3OC2=O)n1. The summed E-state index contributed by atoms with van der Waals surface area (Å²) in [5.74, 6) is 0.517. The fraction of sp³-hybridized carbons (Fsp3) is 0.368. The van der Waals surface area contributed by atoms with Gasteiger partial charge in [0.15, 0.2) is 0 Å². The van der Waals surface area contributed by atoms with E-state index in [9.17, 15) is 4.79 Å². The predicted molar refractivity (Wildman–Crippen MR) is 94.4 cm³/mol. The lowest BCUT2D eigenvalue weighted by Crippen LogP contribution is -2.43. The molecule has 1 aromatic heterocycles. The minimum atomic E-state index is -0.396. The van der Waals surface area contributed by atoms with Gasteiger partial charge in [0.25, 0.3) is 0 Å². The molecule has 1 fully saturated rings. The number of carbonyl (C=O) groups is 1. The summed E-state index contributed by atoms with van der Waals surface area (Å²) in [6.45, 7) is 3.87. The minimum absolute atomic E-state index is 0.259. The molecule has 4 rings (SSSR count). The Morgan fingerprint density at radius 2 is 2.08 bits per heavy atom. The Morgan fingerprint density at radius 1 is 1.24 bits per heavy atom. The Balaban J connectivity index is 1.59. The molecule has 0 aliphatic carbocycles. The number of piperazine rings is 1. The van der Waals surface area contributed by atoms with Gasteiger partial charge in [-0.1, -0.05) is 12.1 Å². The fourth-order valence-corrected chi connectivity index (χ4v) is 3.37. The molecular formula is C19H21N3O3. The highest BCUT2D eigenvalue weighted by molar-refractivity contribution is 5.83. The standard InChI is InChI=1S/C19H21N3O3/c1-24-18-4-2-3-16(21-18)15-11-13-5-6-14(12-17(13)25-19(15)23)22-9-7-20-8-10-22/h2-6,12,15,20H,7-11H2,1H3. The summed E-state index contributed by atoms with van der Waals surface area (Å²) >= 11 is 0. The van der Waals surface area contributed by atoms with Gasteiger partial charge in [-0.25, -0.2) is 4.98 Å². The summed E-state index contributed by atoms with van der Waals surface area (Å²) in [4.78, 5) is 19.2. The van der Waals surface area contributed by atoms with Crippen LogP contribution in [0.4, 0.5) is 5.69 Å². The van der Waals surface area contributed by atoms with Gasteiger partial charge in [-0.3, -0.25) is 4.79 Å². The highest BCUT2D eigenvalue weighted by Crippen LogP contribution is 2.35. The van der Waals surface area contributed by atoms with Crippen LogP contribution < -0.4 is 19.7 Å². The third-order valence-corrected chi connectivity index (χ3v) is 4.76. The highest BCUT2D eigenvalue weighted by atomic mass is 16.5. The van der Waals surface area contributed by atoms with Gasteiger partial charge in [0.05, 0.1) is 12.8 Å². The molecule has 1 saturated heterocycles. The molecule has 1 aromatic carbocycles. The molecule has 1 atom stereocenters. The number of methoxy groups -OCH3 is 1. The molecule has 0 spiro atoms. The quantitative estimate of drug-likeness (QED) is 0.679. The summed E-state index contributed by atoms with van der Waals surface area (Å²) in [7, 11) is 1.57. The number of pyridine rings is 1. The van der Waals surface area contributed by atoms with Crippen LogP contribution in [0, 0.1) is 0 Å². The minimum Gasteiger partial charge on any atom is -0.481 e. The number of anilines is 1. The fourth-order valence-electron chi connectivity index (χ4n) is 3.37. The van der Waals surface area contributed by atoms with E-state index in [4.69, 9.17) is 9.47 Å². The number of benzene rings is 1. The molecule has 6 nitrogen and oxygen atoms in total. The van der Waals surface area contributed by atoms with E-state index in [1.54, 1.807) is 13.2 Å². The third-order valence-electron chi connectivity index (χ3n) is 4.76. The van der Waals surface area contributed by atoms with Crippen LogP contribution in [0.15, 0.2) is 36.4 Å². The maximum Gasteiger partial charge on any atom is 0.320 e. The van der Waals surface area contributed by atoms with Crippen LogP contribution in [0.2, 0.25) is 0 Å². The van der Waals surface area contributed by atoms with Crippen molar-refractivity contribution in [3.63, 3.8) is 0 Å². The van der Waals surface area contributed by atoms with E-state index < -0.39 is 5.92 Å². The van der Waals surface area contributed by atoms with Gasteiger partial charge in [0, 0.05) is 44.0 Å². The number of hydrogen-bond acceptors (Lipinski definition) is 6. The van der Waals surface area contributed by atoms with Gasteiger partial charge < -0.3 is 19.7 Å². The summed E-state index contributed by atoms with van der Waals surface area (Å²) < 4.78 is 10.8. The smallest absolute Gasteiger partial charge is 0.320 e. The van der Waals surface area contributed by atoms with Crippen LogP contribution in [0.1, 0.15) is 17.2 Å². The first-order chi connectivity index (χ1) is 12.2. The number of ether oxygens (including phenoxy) is 2. The zero-order valence-electron chi connectivity index (χ0n) is 14.2. The molecule has 0 saturated carbocycles. The number of fused-ring (bicyclic) bond motifs is 1. The molecular weight excluding hydrogens is 318 g/mol. The van der Waals surface area contributed by atoms with E-state index in [1.165, 1.54) is 0 Å². The normalized spacial score (nSPS) is 20.0. The van der Waals surface area contributed by atoms with Crippen molar-refractivity contribution in [2.45, 2.75) is 12.3 Å². The van der Waals surface area contributed by atoms with Crippen molar-refractivity contribution >= 4 is 11.7 Å². The van der Waals surface area contributed by atoms with Crippen molar-refractivity contribution in [2.75, 3.05) is 38.2 Å². The van der Waals surface area contributed by atoms with E-state index in [0.717, 1.165) is 37.4 Å². The molecule has 0 radical (unpaired) electrons. The van der Waals surface area contributed by atoms with E-state index in [2.05, 4.69) is 27.3 Å². The zero-order valence-corrected chi connectivity index (χ0v) is 14.2. The first-order valence-electron chi connectivity index (χ1n) is 8.56. The van der Waals surface area contributed by atoms with Crippen LogP contribution in [-0.2, 0) is 11.2 Å². The Morgan fingerprint density at radius 3 is 2.88 bits per heavy atom. The Labute approximate surface area is 146 Å². The second-order valence-corrected chi connectivity index (χ2v) is 6.31. The number of nitrogens with zero attached hydrogens (tertiary/aromatic N) is 2. The molecule has 0 bridgehead atoms. The Kier molecular flexibility index (Phi) is 4.28. The lowest BCUT2D eigenvalue weighted by atomic mass is 9.92. The van der Waals surface area contributed by atoms with Crippen LogP contribution in [-0.4, -0.2) is 44.2 Å². The molecule has 1 N–H and O–H groups in total. The molecule has 0 amide bonds. The van der Waals surface area contributed by atoms with E-state index >= 15 is 0 Å². The van der Waals surface area contributed by atoms with E-state index in [1.807, 2.05) is 18.2 Å². The summed E-state index contributed by atoms with van der Waals surface area (Å²) in [6.07, 6.45) is 0.593. The predicted octanol–water partition coefficient (Wildman–Crippen LogP) is 1.75. The van der Waals surface area contributed by atoms with Crippen molar-refractivity contribution in [1.29, 1.82) is 0 Å². The number of hydrogen-bond donors (Lipinski definition) is 1. The van der Waals surface area contributed by atoms with Gasteiger partial charge in [-0.15, -0.1) is 0 Å². The third kappa shape index (κ3) is 3.17. The van der Waals surface area contributed by atoms with Crippen LogP contribution in [0.5, 0.6) is 11.6 Å². The molecule has 25 heavy (non-hydrogen) atoms. The lowest BCUT2D eigenvalue weighted by Gasteiger charge is -2.31. The monoisotopic (exact) mass is 339 g/mol. The Hall–Kier alpha value is -2.60. The van der Waals surface area contributed by atoms with Gasteiger partial charge in [0.2, 0.25) is 5.88 Å². The summed E-state index contributed by atoms with van der Waals surface area (Å²) in [6, 6.07) is 11.6. The van der Waals surface area contributed by atoms with E-state index in [0.29, 0.717) is 23.7 Å². The van der Waals surface area contributed by atoms with Gasteiger partial charge in [-0.05, 0) is 24.1 Å². The Bertz CT molecular complexity index is 787. The lowest BCUT2D eigenvalue weighted by molar-refractivity contribution is -0.137. The molecule has 3 heterocycles. The first kappa shape index (κ1) is 15.9. The van der Waals surface area contributed by atoms with Crippen LogP contribution in [0.3, 0.4) is 0 Å². The highest BCUT2D eigenvalue weighted by Gasteiger charge is 2.31. The first-order valence-corrected chi connectivity index (χ1v) is 8.56. The second-order valence-electron chi connectivity index (χ2n) is 6.31. The zero-order chi connectivity index (χ0) is 17.2. The average Bonchev–Trinajstić information content (AvgIpc) is 2.67. The largest absolute Gasteiger partial charge is 0.481 e. The van der Waals surface area contributed by atoms with Crippen LogP contribution in [0.25, 0.3) is 0 Å². The van der Waals surface area contributed by atoms with Gasteiger partial charge in [0.1, 0.15) is 11.7 Å². The van der Waals surface area contributed by atoms with Crippen LogP contribution >= 0.6 is 0 Å². The number of nitrogens with one attached hydrogen (secondary N) is 1. The molecule has 1 unspecified atom stereocenters. The molecule has 6 heteroatoms. The number of rotatable bonds is 3. The average molecular weight is 339 g/mol. The van der Waals surface area contributed by atoms with Crippen molar-refractivity contribution in [3.05, 3.63) is 47.7 Å². The van der Waals surface area contributed by atoms with Crippen molar-refractivity contribution in [2.24, 2.45) is 0 Å². The number of aromatic nitrogens is 1. The second kappa shape index (κ2) is 6.72. The molecule has 2 aromatic rings. The van der Waals surface area contributed by atoms with Crippen molar-refractivity contribution in [1.82, 2.24) is 10.3 Å². The van der Waals surface area contributed by atoms with Crippen molar-refractivity contribution < 1.29 is 14.3 Å².